The fourth-order valence-corrected chi connectivity index (χ4v) is 4.67. The van der Waals surface area contributed by atoms with Crippen molar-refractivity contribution in [1.82, 2.24) is 0 Å². The smallest absolute Gasteiger partial charge is 0.236 e. The lowest BCUT2D eigenvalue weighted by atomic mass is 10.2. The average molecular weight is 346 g/mol. The Balaban J connectivity index is 2.41. The van der Waals surface area contributed by atoms with Crippen molar-refractivity contribution in [3.63, 3.8) is 0 Å². The highest BCUT2D eigenvalue weighted by Crippen LogP contribution is 2.33. The summed E-state index contributed by atoms with van der Waals surface area (Å²) in [5.41, 5.74) is 0.610. The average Bonchev–Trinajstić information content (AvgIpc) is 2.77. The summed E-state index contributed by atoms with van der Waals surface area (Å²) in [7, 11) is -5.52. The minimum atomic E-state index is -3.60. The fraction of sp³-hybridized carbons (Fsp3) is 0.385. The van der Waals surface area contributed by atoms with Crippen LogP contribution in [0.25, 0.3) is 0 Å². The molecule has 7 nitrogen and oxygen atoms in total. The first-order valence-electron chi connectivity index (χ1n) is 6.59. The van der Waals surface area contributed by atoms with Crippen molar-refractivity contribution >= 4 is 31.4 Å². The van der Waals surface area contributed by atoms with Gasteiger partial charge in [0.15, 0.2) is 0 Å². The van der Waals surface area contributed by atoms with Crippen molar-refractivity contribution in [2.75, 3.05) is 34.2 Å². The molecule has 0 saturated carbocycles. The lowest BCUT2D eigenvalue weighted by Crippen LogP contribution is -2.25. The monoisotopic (exact) mass is 346 g/mol. The van der Waals surface area contributed by atoms with Gasteiger partial charge in [-0.25, -0.2) is 16.8 Å². The minimum Gasteiger partial charge on any atom is -0.495 e. The van der Waals surface area contributed by atoms with E-state index in [1.165, 1.54) is 29.6 Å². The minimum absolute atomic E-state index is 0.0938. The molecule has 1 N–H and O–H groups in total. The van der Waals surface area contributed by atoms with Gasteiger partial charge in [-0.2, -0.15) is 0 Å². The fourth-order valence-electron chi connectivity index (χ4n) is 2.22. The molecule has 0 unspecified atom stereocenters. The Morgan fingerprint density at radius 3 is 2.73 bits per heavy atom. The van der Waals surface area contributed by atoms with Crippen molar-refractivity contribution in [2.24, 2.45) is 0 Å². The summed E-state index contributed by atoms with van der Waals surface area (Å²) < 4.78 is 56.4. The van der Waals surface area contributed by atoms with Crippen LogP contribution in [0.15, 0.2) is 30.9 Å². The van der Waals surface area contributed by atoms with Crippen molar-refractivity contribution in [3.8, 4) is 5.75 Å². The molecule has 9 heteroatoms. The van der Waals surface area contributed by atoms with Crippen LogP contribution in [0.4, 0.5) is 11.4 Å². The first-order valence-corrected chi connectivity index (χ1v) is 9.85. The van der Waals surface area contributed by atoms with Gasteiger partial charge in [0.25, 0.3) is 0 Å². The van der Waals surface area contributed by atoms with Gasteiger partial charge in [-0.3, -0.25) is 9.03 Å². The summed E-state index contributed by atoms with van der Waals surface area (Å²) in [5, 5.41) is 0. The van der Waals surface area contributed by atoms with Crippen LogP contribution in [-0.4, -0.2) is 42.0 Å². The molecule has 0 spiro atoms. The van der Waals surface area contributed by atoms with Crippen LogP contribution in [0.3, 0.4) is 0 Å². The van der Waals surface area contributed by atoms with E-state index in [1.807, 2.05) is 0 Å². The number of rotatable bonds is 6. The lowest BCUT2D eigenvalue weighted by Gasteiger charge is -2.19. The molecule has 1 aliphatic rings. The van der Waals surface area contributed by atoms with E-state index in [0.29, 0.717) is 24.4 Å². The maximum Gasteiger partial charge on any atom is 0.236 e. The van der Waals surface area contributed by atoms with Gasteiger partial charge in [0.05, 0.1) is 30.0 Å². The van der Waals surface area contributed by atoms with Crippen LogP contribution < -0.4 is 13.8 Å². The van der Waals surface area contributed by atoms with Gasteiger partial charge in [0, 0.05) is 6.54 Å². The molecular weight excluding hydrogens is 328 g/mol. The second-order valence-corrected chi connectivity index (χ2v) is 8.58. The van der Waals surface area contributed by atoms with Gasteiger partial charge in [-0.15, -0.1) is 6.58 Å². The lowest BCUT2D eigenvalue weighted by molar-refractivity contribution is 0.417. The Labute approximate surface area is 130 Å². The maximum atomic E-state index is 12.0. The summed E-state index contributed by atoms with van der Waals surface area (Å²) in [6.07, 6.45) is 1.81. The maximum absolute atomic E-state index is 12.0. The predicted molar refractivity (Wildman–Crippen MR) is 86.4 cm³/mol. The highest BCUT2D eigenvalue weighted by Gasteiger charge is 2.29. The molecule has 122 valence electrons. The zero-order valence-corrected chi connectivity index (χ0v) is 13.8. The second kappa shape index (κ2) is 6.17. The summed E-state index contributed by atoms with van der Waals surface area (Å²) in [6, 6.07) is 4.59. The number of methoxy groups -OCH3 is 1. The molecule has 1 fully saturated rings. The topological polar surface area (TPSA) is 92.8 Å². The Morgan fingerprint density at radius 2 is 2.18 bits per heavy atom. The molecule has 1 aliphatic heterocycles. The van der Waals surface area contributed by atoms with E-state index < -0.39 is 20.0 Å². The summed E-state index contributed by atoms with van der Waals surface area (Å²) >= 11 is 0. The Kier molecular flexibility index (Phi) is 4.66. The largest absolute Gasteiger partial charge is 0.495 e. The molecule has 0 aliphatic carbocycles. The highest BCUT2D eigenvalue weighted by atomic mass is 32.2. The van der Waals surface area contributed by atoms with Gasteiger partial charge in [-0.1, -0.05) is 6.08 Å². The zero-order valence-electron chi connectivity index (χ0n) is 12.1. The van der Waals surface area contributed by atoms with Crippen molar-refractivity contribution in [3.05, 3.63) is 30.9 Å². The van der Waals surface area contributed by atoms with Gasteiger partial charge in [0.1, 0.15) is 5.75 Å². The Bertz CT molecular complexity index is 772. The molecule has 2 rings (SSSR count). The highest BCUT2D eigenvalue weighted by molar-refractivity contribution is 7.93. The molecule has 1 heterocycles. The van der Waals surface area contributed by atoms with E-state index in [4.69, 9.17) is 4.74 Å². The van der Waals surface area contributed by atoms with Crippen molar-refractivity contribution in [1.29, 1.82) is 0 Å². The van der Waals surface area contributed by atoms with Gasteiger partial charge >= 0.3 is 0 Å². The number of nitrogens with one attached hydrogen (secondary N) is 1. The van der Waals surface area contributed by atoms with Crippen LogP contribution in [-0.2, 0) is 20.0 Å². The van der Waals surface area contributed by atoms with E-state index in [2.05, 4.69) is 11.3 Å². The molecule has 0 aromatic heterocycles. The molecule has 1 saturated heterocycles. The van der Waals surface area contributed by atoms with Gasteiger partial charge in [-0.05, 0) is 24.6 Å². The van der Waals surface area contributed by atoms with E-state index in [-0.39, 0.29) is 17.2 Å². The molecule has 0 amide bonds. The number of sulfonamides is 2. The molecule has 0 bridgehead atoms. The number of hydrogen-bond acceptors (Lipinski definition) is 5. The number of hydrogen-bond donors (Lipinski definition) is 1. The number of anilines is 2. The van der Waals surface area contributed by atoms with Gasteiger partial charge < -0.3 is 4.74 Å². The molecule has 22 heavy (non-hydrogen) atoms. The first-order chi connectivity index (χ1) is 10.3. The van der Waals surface area contributed by atoms with E-state index in [9.17, 15) is 16.8 Å². The normalized spacial score (nSPS) is 17.2. The third-order valence-electron chi connectivity index (χ3n) is 3.17. The van der Waals surface area contributed by atoms with Crippen LogP contribution >= 0.6 is 0 Å². The summed E-state index contributed by atoms with van der Waals surface area (Å²) in [5.74, 6) is 0.159. The number of nitrogens with zero attached hydrogens (tertiary/aromatic N) is 1. The van der Waals surface area contributed by atoms with Crippen LogP contribution in [0.1, 0.15) is 6.42 Å². The first kappa shape index (κ1) is 16.6. The van der Waals surface area contributed by atoms with Crippen LogP contribution in [0.5, 0.6) is 5.75 Å². The number of ether oxygens (including phenoxy) is 1. The van der Waals surface area contributed by atoms with Crippen LogP contribution in [0.2, 0.25) is 0 Å². The summed E-state index contributed by atoms with van der Waals surface area (Å²) in [6.45, 7) is 3.77. The predicted octanol–water partition coefficient (Wildman–Crippen LogP) is 1.16. The number of benzene rings is 1. The Hall–Kier alpha value is -1.74. The quantitative estimate of drug-likeness (QED) is 0.780. The Morgan fingerprint density at radius 1 is 1.45 bits per heavy atom. The van der Waals surface area contributed by atoms with Crippen molar-refractivity contribution in [2.45, 2.75) is 6.42 Å². The van der Waals surface area contributed by atoms with E-state index in [0.717, 1.165) is 0 Å². The second-order valence-electron chi connectivity index (χ2n) is 4.80. The van der Waals surface area contributed by atoms with Gasteiger partial charge in [0.2, 0.25) is 20.0 Å². The van der Waals surface area contributed by atoms with Crippen molar-refractivity contribution < 1.29 is 21.6 Å². The van der Waals surface area contributed by atoms with Crippen LogP contribution in [0, 0.1) is 0 Å². The van der Waals surface area contributed by atoms with E-state index in [1.54, 1.807) is 6.07 Å². The summed E-state index contributed by atoms with van der Waals surface area (Å²) in [4.78, 5) is 0. The third-order valence-corrected chi connectivity index (χ3v) is 6.25. The molecule has 0 atom stereocenters. The van der Waals surface area contributed by atoms with E-state index >= 15 is 0 Å². The molecular formula is C13H18N2O5S2. The SMILES string of the molecule is C=CCS(=O)(=O)Nc1cc(N2CCCS2(=O)=O)ccc1OC. The standard InChI is InChI=1S/C13H18N2O5S2/c1-3-8-21(16,17)14-12-10-11(5-6-13(12)20-2)15-7-4-9-22(15,18)19/h3,5-6,10,14H,1,4,7-9H2,2H3. The molecule has 1 aromatic rings. The molecule has 1 aromatic carbocycles. The zero-order chi connectivity index (χ0) is 16.4. The third kappa shape index (κ3) is 3.53. The molecule has 0 radical (unpaired) electrons.